The zero-order valence-electron chi connectivity index (χ0n) is 17.9. The number of hydrogen-bond acceptors (Lipinski definition) is 5. The summed E-state index contributed by atoms with van der Waals surface area (Å²) in [7, 11) is 0. The van der Waals surface area contributed by atoms with Crippen molar-refractivity contribution < 1.29 is 23.9 Å². The summed E-state index contributed by atoms with van der Waals surface area (Å²) in [5, 5.41) is 0. The van der Waals surface area contributed by atoms with Crippen LogP contribution in [-0.4, -0.2) is 45.4 Å². The molecule has 1 aromatic carbocycles. The number of rotatable bonds is 5. The average molecular weight is 465 g/mol. The first kappa shape index (κ1) is 22.0. The number of ketones is 1. The monoisotopic (exact) mass is 466 g/mol. The van der Waals surface area contributed by atoms with Crippen LogP contribution >= 0.6 is 0 Å². The second-order valence-electron chi connectivity index (χ2n) is 9.58. The molecular formula is C23H30O5Se. The van der Waals surface area contributed by atoms with Crippen LogP contribution in [0.4, 0.5) is 0 Å². The van der Waals surface area contributed by atoms with Crippen molar-refractivity contribution in [2.45, 2.75) is 52.5 Å². The SMILES string of the molecule is CC(C)[C@H]1[C@H]([Se]c2ccccc2)C(=O)[C@@H]2[C@@H](COC(=O)C(C)(C)C)OC(=O)[C@@]21C. The molecule has 2 aliphatic rings. The molecule has 0 unspecified atom stereocenters. The van der Waals surface area contributed by atoms with E-state index in [0.717, 1.165) is 4.46 Å². The van der Waals surface area contributed by atoms with Gasteiger partial charge >= 0.3 is 179 Å². The molecule has 1 heterocycles. The Bertz CT molecular complexity index is 797. The van der Waals surface area contributed by atoms with E-state index in [-0.39, 0.29) is 55.9 Å². The molecule has 3 rings (SSSR count). The van der Waals surface area contributed by atoms with Crippen LogP contribution in [0.25, 0.3) is 0 Å². The van der Waals surface area contributed by atoms with Gasteiger partial charge in [-0.1, -0.05) is 0 Å². The van der Waals surface area contributed by atoms with Gasteiger partial charge < -0.3 is 0 Å². The van der Waals surface area contributed by atoms with E-state index in [1.54, 1.807) is 20.8 Å². The number of Topliss-reactive ketones (excluding diaryl/α,β-unsaturated/α-hetero) is 1. The van der Waals surface area contributed by atoms with E-state index in [1.165, 1.54) is 0 Å². The molecule has 5 nitrogen and oxygen atoms in total. The van der Waals surface area contributed by atoms with Crippen molar-refractivity contribution in [1.82, 2.24) is 0 Å². The molecule has 29 heavy (non-hydrogen) atoms. The summed E-state index contributed by atoms with van der Waals surface area (Å²) >= 11 is -0.0758. The van der Waals surface area contributed by atoms with E-state index < -0.39 is 22.9 Å². The predicted molar refractivity (Wildman–Crippen MR) is 111 cm³/mol. The summed E-state index contributed by atoms with van der Waals surface area (Å²) in [4.78, 5) is 38.5. The van der Waals surface area contributed by atoms with Gasteiger partial charge in [0.15, 0.2) is 0 Å². The molecule has 5 atom stereocenters. The van der Waals surface area contributed by atoms with Crippen LogP contribution in [0.5, 0.6) is 0 Å². The van der Waals surface area contributed by atoms with Gasteiger partial charge in [-0.2, -0.15) is 0 Å². The summed E-state index contributed by atoms with van der Waals surface area (Å²) in [5.74, 6) is -1.11. The van der Waals surface area contributed by atoms with Crippen molar-refractivity contribution in [2.24, 2.45) is 28.6 Å². The zero-order chi connectivity index (χ0) is 21.6. The normalized spacial score (nSPS) is 31.7. The third-order valence-corrected chi connectivity index (χ3v) is 8.81. The first-order valence-electron chi connectivity index (χ1n) is 10.1. The Morgan fingerprint density at radius 2 is 1.83 bits per heavy atom. The Morgan fingerprint density at radius 3 is 2.38 bits per heavy atom. The number of benzene rings is 1. The molecule has 0 aromatic heterocycles. The van der Waals surface area contributed by atoms with Gasteiger partial charge in [-0.3, -0.25) is 0 Å². The van der Waals surface area contributed by atoms with Gasteiger partial charge in [-0.05, 0) is 0 Å². The Balaban J connectivity index is 1.88. The molecule has 0 amide bonds. The van der Waals surface area contributed by atoms with E-state index in [2.05, 4.69) is 13.8 Å². The number of hydrogen-bond donors (Lipinski definition) is 0. The quantitative estimate of drug-likeness (QED) is 0.494. The first-order chi connectivity index (χ1) is 13.5. The molecule has 1 aliphatic heterocycles. The maximum atomic E-state index is 13.6. The minimum absolute atomic E-state index is 0.0658. The summed E-state index contributed by atoms with van der Waals surface area (Å²) < 4.78 is 12.2. The molecule has 0 N–H and O–H groups in total. The van der Waals surface area contributed by atoms with Gasteiger partial charge in [0, 0.05) is 0 Å². The van der Waals surface area contributed by atoms with Crippen LogP contribution in [-0.2, 0) is 23.9 Å². The Kier molecular flexibility index (Phi) is 5.99. The van der Waals surface area contributed by atoms with Crippen molar-refractivity contribution >= 4 is 37.1 Å². The second kappa shape index (κ2) is 7.88. The van der Waals surface area contributed by atoms with E-state index in [1.807, 2.05) is 37.3 Å². The van der Waals surface area contributed by atoms with E-state index >= 15 is 0 Å². The predicted octanol–water partition coefficient (Wildman–Crippen LogP) is 2.80. The molecular weight excluding hydrogens is 435 g/mol. The zero-order valence-corrected chi connectivity index (χ0v) is 19.6. The number of fused-ring (bicyclic) bond motifs is 1. The molecule has 1 saturated carbocycles. The Hall–Kier alpha value is -1.65. The number of ether oxygens (including phenoxy) is 2. The molecule has 158 valence electrons. The Morgan fingerprint density at radius 1 is 1.21 bits per heavy atom. The summed E-state index contributed by atoms with van der Waals surface area (Å²) in [6.45, 7) is 11.3. The second-order valence-corrected chi connectivity index (χ2v) is 12.1. The van der Waals surface area contributed by atoms with Gasteiger partial charge in [-0.15, -0.1) is 0 Å². The van der Waals surface area contributed by atoms with Gasteiger partial charge in [-0.25, -0.2) is 0 Å². The molecule has 1 aromatic rings. The van der Waals surface area contributed by atoms with E-state index in [9.17, 15) is 14.4 Å². The average Bonchev–Trinajstić information content (AvgIpc) is 3.01. The fraction of sp³-hybridized carbons (Fsp3) is 0.609. The van der Waals surface area contributed by atoms with Gasteiger partial charge in [0.05, 0.1) is 0 Å². The third kappa shape index (κ3) is 3.89. The standard InChI is InChI=1S/C23H30O5Se/c1-13(2)16-19(29-14-10-8-7-9-11-14)18(24)17-15(28-21(26)23(16,17)6)12-27-20(25)22(3,4)5/h7-11,13,15-17,19H,12H2,1-6H3/t15-,16+,17+,19+,23-/m1/s1. The van der Waals surface area contributed by atoms with Crippen molar-refractivity contribution in [2.75, 3.05) is 6.61 Å². The van der Waals surface area contributed by atoms with E-state index in [0.29, 0.717) is 0 Å². The first-order valence-corrected chi connectivity index (χ1v) is 12.0. The summed E-state index contributed by atoms with van der Waals surface area (Å²) in [6, 6.07) is 10.0. The molecule has 1 aliphatic carbocycles. The molecule has 0 bridgehead atoms. The third-order valence-electron chi connectivity index (χ3n) is 6.04. The van der Waals surface area contributed by atoms with Crippen LogP contribution < -0.4 is 4.46 Å². The molecule has 6 heteroatoms. The van der Waals surface area contributed by atoms with Crippen molar-refractivity contribution in [3.8, 4) is 0 Å². The summed E-state index contributed by atoms with van der Waals surface area (Å²) in [6.07, 6.45) is -0.705. The van der Waals surface area contributed by atoms with Crippen LogP contribution in [0, 0.1) is 28.6 Å². The number of esters is 2. The fourth-order valence-corrected chi connectivity index (χ4v) is 8.05. The van der Waals surface area contributed by atoms with Crippen LogP contribution in [0.1, 0.15) is 41.5 Å². The molecule has 2 fully saturated rings. The van der Waals surface area contributed by atoms with E-state index in [4.69, 9.17) is 9.47 Å². The van der Waals surface area contributed by atoms with Crippen molar-refractivity contribution in [3.63, 3.8) is 0 Å². The molecule has 0 radical (unpaired) electrons. The summed E-state index contributed by atoms with van der Waals surface area (Å²) in [5.41, 5.74) is -1.52. The maximum absolute atomic E-state index is 13.6. The van der Waals surface area contributed by atoms with Crippen molar-refractivity contribution in [1.29, 1.82) is 0 Å². The molecule has 1 saturated heterocycles. The Labute approximate surface area is 179 Å². The van der Waals surface area contributed by atoms with Crippen molar-refractivity contribution in [3.05, 3.63) is 30.3 Å². The minimum atomic E-state index is -0.870. The number of cyclic esters (lactones) is 1. The topological polar surface area (TPSA) is 69.7 Å². The fourth-order valence-electron chi connectivity index (χ4n) is 4.66. The van der Waals surface area contributed by atoms with Crippen LogP contribution in [0.3, 0.4) is 0 Å². The van der Waals surface area contributed by atoms with Crippen LogP contribution in [0.2, 0.25) is 4.82 Å². The van der Waals surface area contributed by atoms with Crippen LogP contribution in [0.15, 0.2) is 30.3 Å². The van der Waals surface area contributed by atoms with Gasteiger partial charge in [0.1, 0.15) is 0 Å². The molecule has 0 spiro atoms. The number of carbonyl (C=O) groups excluding carboxylic acids is 3. The number of carbonyl (C=O) groups is 3. The van der Waals surface area contributed by atoms with Gasteiger partial charge in [0.2, 0.25) is 0 Å². The van der Waals surface area contributed by atoms with Gasteiger partial charge in [0.25, 0.3) is 0 Å².